The highest BCUT2D eigenvalue weighted by Gasteiger charge is 2.45. The van der Waals surface area contributed by atoms with Gasteiger partial charge in [-0.15, -0.1) is 0 Å². The van der Waals surface area contributed by atoms with Gasteiger partial charge in [0.15, 0.2) is 0 Å². The number of benzene rings is 2. The van der Waals surface area contributed by atoms with Gasteiger partial charge in [-0.3, -0.25) is 5.21 Å². The van der Waals surface area contributed by atoms with Crippen LogP contribution in [0.2, 0.25) is 0 Å². The van der Waals surface area contributed by atoms with Gasteiger partial charge in [-0.1, -0.05) is 24.3 Å². The van der Waals surface area contributed by atoms with Crippen molar-refractivity contribution >= 4 is 6.03 Å². The number of methoxy groups -OCH3 is 1. The van der Waals surface area contributed by atoms with E-state index < -0.39 is 0 Å². The first-order chi connectivity index (χ1) is 16.5. The van der Waals surface area contributed by atoms with Gasteiger partial charge in [0.25, 0.3) is 0 Å². The molecule has 2 unspecified atom stereocenters. The van der Waals surface area contributed by atoms with Crippen molar-refractivity contribution in [3.05, 3.63) is 65.9 Å². The molecule has 2 aromatic carbocycles. The van der Waals surface area contributed by atoms with Crippen molar-refractivity contribution in [2.45, 2.75) is 50.3 Å². The molecule has 0 aliphatic carbocycles. The molecule has 3 heterocycles. The van der Waals surface area contributed by atoms with Gasteiger partial charge in [0.1, 0.15) is 5.75 Å². The summed E-state index contributed by atoms with van der Waals surface area (Å²) in [4.78, 5) is 14.3. The number of rotatable bonds is 5. The third kappa shape index (κ3) is 4.03. The Balaban J connectivity index is 1.50. The second-order valence-electron chi connectivity index (χ2n) is 9.19. The van der Waals surface area contributed by atoms with Gasteiger partial charge in [-0.05, 0) is 61.6 Å². The summed E-state index contributed by atoms with van der Waals surface area (Å²) >= 11 is 0. The van der Waals surface area contributed by atoms with E-state index in [-0.39, 0.29) is 30.6 Å². The van der Waals surface area contributed by atoms with Crippen LogP contribution in [0.1, 0.15) is 42.9 Å². The lowest BCUT2D eigenvalue weighted by molar-refractivity contribution is -0.0431. The lowest BCUT2D eigenvalue weighted by Gasteiger charge is -2.39. The number of aromatic nitrogens is 2. The van der Waals surface area contributed by atoms with Gasteiger partial charge < -0.3 is 14.7 Å². The third-order valence-electron chi connectivity index (χ3n) is 7.13. The van der Waals surface area contributed by atoms with E-state index in [9.17, 15) is 15.1 Å². The fourth-order valence-electron chi connectivity index (χ4n) is 5.40. The topological polar surface area (TPSA) is 91.1 Å². The number of carbonyl (C=O) groups is 1. The molecule has 2 amide bonds. The zero-order chi connectivity index (χ0) is 23.8. The van der Waals surface area contributed by atoms with Crippen molar-refractivity contribution in [3.8, 4) is 22.7 Å². The van der Waals surface area contributed by atoms with Crippen molar-refractivity contribution in [3.63, 3.8) is 0 Å². The first-order valence-corrected chi connectivity index (χ1v) is 11.7. The van der Waals surface area contributed by atoms with E-state index >= 15 is 0 Å². The van der Waals surface area contributed by atoms with Crippen LogP contribution >= 0.6 is 0 Å². The van der Waals surface area contributed by atoms with E-state index in [1.54, 1.807) is 7.11 Å². The summed E-state index contributed by atoms with van der Waals surface area (Å²) in [5, 5.41) is 24.9. The molecule has 8 heteroatoms. The maximum Gasteiger partial charge on any atom is 0.343 e. The number of aliphatic hydroxyl groups excluding tert-OH is 1. The molecule has 2 saturated heterocycles. The minimum atomic E-state index is -0.320. The van der Waals surface area contributed by atoms with Crippen LogP contribution < -0.4 is 4.74 Å². The fraction of sp³-hybridized carbons (Fsp3) is 0.385. The second-order valence-corrected chi connectivity index (χ2v) is 9.19. The van der Waals surface area contributed by atoms with Crippen LogP contribution in [-0.4, -0.2) is 62.3 Å². The minimum Gasteiger partial charge on any atom is -0.497 e. The predicted octanol–water partition coefficient (Wildman–Crippen LogP) is 4.19. The Kier molecular flexibility index (Phi) is 6.02. The molecule has 2 atom stereocenters. The van der Waals surface area contributed by atoms with E-state index in [0.29, 0.717) is 5.06 Å². The average Bonchev–Trinajstić information content (AvgIpc) is 3.42. The Hall–Kier alpha value is -3.36. The SMILES string of the molecule is COc1ccc(-n2nc(C3CC4CCC(C3)N4C(=O)N(C)O)cc2-c2ccc(CO)cc2)cc1. The molecule has 178 valence electrons. The summed E-state index contributed by atoms with van der Waals surface area (Å²) in [5.74, 6) is 1.02. The Labute approximate surface area is 198 Å². The van der Waals surface area contributed by atoms with Crippen LogP contribution in [0, 0.1) is 0 Å². The monoisotopic (exact) mass is 462 g/mol. The van der Waals surface area contributed by atoms with Crippen molar-refractivity contribution in [1.29, 1.82) is 0 Å². The molecule has 2 N–H and O–H groups in total. The lowest BCUT2D eigenvalue weighted by Crippen LogP contribution is -2.50. The molecule has 0 spiro atoms. The van der Waals surface area contributed by atoms with Gasteiger partial charge in [0, 0.05) is 30.6 Å². The summed E-state index contributed by atoms with van der Waals surface area (Å²) in [6.07, 6.45) is 3.57. The highest BCUT2D eigenvalue weighted by Crippen LogP contribution is 2.44. The Morgan fingerprint density at radius 2 is 1.74 bits per heavy atom. The number of hydrogen-bond acceptors (Lipinski definition) is 5. The quantitative estimate of drug-likeness (QED) is 0.438. The van der Waals surface area contributed by atoms with Gasteiger partial charge in [-0.25, -0.2) is 14.5 Å². The van der Waals surface area contributed by atoms with E-state index in [1.165, 1.54) is 7.05 Å². The van der Waals surface area contributed by atoms with E-state index in [4.69, 9.17) is 9.84 Å². The Morgan fingerprint density at radius 3 is 2.29 bits per heavy atom. The van der Waals surface area contributed by atoms with Crippen molar-refractivity contribution < 1.29 is 19.8 Å². The maximum absolute atomic E-state index is 12.5. The first-order valence-electron chi connectivity index (χ1n) is 11.7. The lowest BCUT2D eigenvalue weighted by atomic mass is 9.88. The average molecular weight is 463 g/mol. The zero-order valence-corrected chi connectivity index (χ0v) is 19.5. The minimum absolute atomic E-state index is 0.00632. The molecule has 0 saturated carbocycles. The first kappa shape index (κ1) is 22.4. The summed E-state index contributed by atoms with van der Waals surface area (Å²) in [7, 11) is 3.04. The largest absolute Gasteiger partial charge is 0.497 e. The molecule has 1 aromatic heterocycles. The molecule has 34 heavy (non-hydrogen) atoms. The molecular weight excluding hydrogens is 432 g/mol. The van der Waals surface area contributed by atoms with Crippen LogP contribution in [0.15, 0.2) is 54.6 Å². The van der Waals surface area contributed by atoms with Crippen LogP contribution in [0.4, 0.5) is 4.79 Å². The number of ether oxygens (including phenoxy) is 1. The number of amides is 2. The summed E-state index contributed by atoms with van der Waals surface area (Å²) < 4.78 is 7.28. The summed E-state index contributed by atoms with van der Waals surface area (Å²) in [5.41, 5.74) is 4.81. The predicted molar refractivity (Wildman–Crippen MR) is 127 cm³/mol. The van der Waals surface area contributed by atoms with E-state index in [1.807, 2.05) is 58.1 Å². The number of piperidine rings is 1. The van der Waals surface area contributed by atoms with Crippen molar-refractivity contribution in [2.75, 3.05) is 14.2 Å². The molecular formula is C26H30N4O4. The number of nitrogens with zero attached hydrogens (tertiary/aromatic N) is 4. The molecule has 2 bridgehead atoms. The number of carbonyl (C=O) groups excluding carboxylic acids is 1. The van der Waals surface area contributed by atoms with Crippen molar-refractivity contribution in [1.82, 2.24) is 19.7 Å². The van der Waals surface area contributed by atoms with Gasteiger partial charge in [0.05, 0.1) is 30.8 Å². The zero-order valence-electron chi connectivity index (χ0n) is 19.5. The Morgan fingerprint density at radius 1 is 1.09 bits per heavy atom. The molecule has 2 aliphatic rings. The number of hydroxylamine groups is 2. The smallest absolute Gasteiger partial charge is 0.343 e. The summed E-state index contributed by atoms with van der Waals surface area (Å²) in [6, 6.07) is 17.8. The van der Waals surface area contributed by atoms with Crippen LogP contribution in [-0.2, 0) is 6.61 Å². The van der Waals surface area contributed by atoms with Gasteiger partial charge in [0.2, 0.25) is 0 Å². The van der Waals surface area contributed by atoms with E-state index in [0.717, 1.165) is 59.6 Å². The number of fused-ring (bicyclic) bond motifs is 2. The van der Waals surface area contributed by atoms with Gasteiger partial charge in [-0.2, -0.15) is 5.10 Å². The van der Waals surface area contributed by atoms with Gasteiger partial charge >= 0.3 is 6.03 Å². The van der Waals surface area contributed by atoms with Crippen LogP contribution in [0.3, 0.4) is 0 Å². The van der Waals surface area contributed by atoms with Crippen LogP contribution in [0.5, 0.6) is 5.75 Å². The molecule has 8 nitrogen and oxygen atoms in total. The highest BCUT2D eigenvalue weighted by molar-refractivity contribution is 5.74. The standard InChI is InChI=1S/C26H30N4O4/c1-28(33)26(32)29-21-7-8-22(29)14-19(13-21)24-15-25(18-5-3-17(16-31)4-6-18)30(27-24)20-9-11-23(34-2)12-10-20/h3-6,9-12,15,19,21-22,31,33H,7-8,13-14,16H2,1-2H3. The fourth-order valence-corrected chi connectivity index (χ4v) is 5.40. The second kappa shape index (κ2) is 9.12. The summed E-state index contributed by atoms with van der Waals surface area (Å²) in [6.45, 7) is 0.00632. The number of hydrogen-bond donors (Lipinski definition) is 2. The normalized spacial score (nSPS) is 21.5. The highest BCUT2D eigenvalue weighted by atomic mass is 16.5. The van der Waals surface area contributed by atoms with E-state index in [2.05, 4.69) is 6.07 Å². The Bertz CT molecular complexity index is 1080. The number of urea groups is 1. The molecule has 5 rings (SSSR count). The third-order valence-corrected chi connectivity index (χ3v) is 7.13. The molecule has 2 aliphatic heterocycles. The maximum atomic E-state index is 12.5. The molecule has 0 radical (unpaired) electrons. The number of aliphatic hydroxyl groups is 1. The van der Waals surface area contributed by atoms with Crippen molar-refractivity contribution in [2.24, 2.45) is 0 Å². The molecule has 2 fully saturated rings. The molecule has 3 aromatic rings. The van der Waals surface area contributed by atoms with Crippen LogP contribution in [0.25, 0.3) is 16.9 Å².